The number of benzene rings is 1. The molecule has 7 heteroatoms. The Bertz CT molecular complexity index is 680. The van der Waals surface area contributed by atoms with Crippen LogP contribution in [0.3, 0.4) is 0 Å². The third kappa shape index (κ3) is 3.51. The summed E-state index contributed by atoms with van der Waals surface area (Å²) < 4.78 is 14.8. The number of carbonyl (C=O) groups is 3. The number of hydrogen-bond donors (Lipinski definition) is 1. The lowest BCUT2D eigenvalue weighted by atomic mass is 9.61. The van der Waals surface area contributed by atoms with E-state index in [4.69, 9.17) is 14.2 Å². The summed E-state index contributed by atoms with van der Waals surface area (Å²) >= 11 is 0. The third-order valence-corrected chi connectivity index (χ3v) is 4.66. The van der Waals surface area contributed by atoms with Gasteiger partial charge in [-0.1, -0.05) is 12.1 Å². The van der Waals surface area contributed by atoms with E-state index in [1.54, 1.807) is 24.3 Å². The number of esters is 2. The molecule has 2 rings (SSSR count). The minimum atomic E-state index is -1.65. The number of ether oxygens (including phenoxy) is 3. The number of rotatable bonds is 4. The van der Waals surface area contributed by atoms with Crippen molar-refractivity contribution in [1.82, 2.24) is 0 Å². The number of Topliss-reactive ketones (excluding diaryl/α,β-unsaturated/α-hetero) is 1. The maximum atomic E-state index is 12.6. The molecule has 0 heterocycles. The third-order valence-electron chi connectivity index (χ3n) is 4.66. The van der Waals surface area contributed by atoms with Crippen LogP contribution in [-0.2, 0) is 23.9 Å². The van der Waals surface area contributed by atoms with Crippen LogP contribution in [0.25, 0.3) is 0 Å². The summed E-state index contributed by atoms with van der Waals surface area (Å²) in [5, 5.41) is 10.7. The zero-order chi connectivity index (χ0) is 18.8. The first kappa shape index (κ1) is 18.9. The van der Waals surface area contributed by atoms with Crippen molar-refractivity contribution in [3.63, 3.8) is 0 Å². The number of ketones is 1. The van der Waals surface area contributed by atoms with Crippen molar-refractivity contribution in [3.05, 3.63) is 29.8 Å². The minimum absolute atomic E-state index is 0.340. The zero-order valence-electron chi connectivity index (χ0n) is 14.6. The lowest BCUT2D eigenvalue weighted by Gasteiger charge is -2.43. The molecule has 136 valence electrons. The molecule has 1 aromatic carbocycles. The van der Waals surface area contributed by atoms with E-state index < -0.39 is 41.1 Å². The quantitative estimate of drug-likeness (QED) is 0.641. The molecule has 25 heavy (non-hydrogen) atoms. The Morgan fingerprint density at radius 3 is 2.36 bits per heavy atom. The number of carbonyl (C=O) groups excluding carboxylic acids is 3. The number of hydrogen-bond acceptors (Lipinski definition) is 7. The molecular formula is C18H22O7. The maximum Gasteiger partial charge on any atom is 0.316 e. The van der Waals surface area contributed by atoms with E-state index in [0.29, 0.717) is 11.3 Å². The molecule has 1 fully saturated rings. The van der Waals surface area contributed by atoms with Gasteiger partial charge in [0.05, 0.1) is 32.8 Å². The molecule has 0 amide bonds. The molecule has 7 nitrogen and oxygen atoms in total. The second kappa shape index (κ2) is 7.23. The molecule has 1 aliphatic rings. The SMILES string of the molecule is COC(=O)[C@@H]1C(=O)C[C@@](C)(O)[C@H](C(=O)OC)[C@H]1c1cccc(OC)c1. The minimum Gasteiger partial charge on any atom is -0.497 e. The van der Waals surface area contributed by atoms with E-state index in [1.165, 1.54) is 28.3 Å². The van der Waals surface area contributed by atoms with Gasteiger partial charge in [0.15, 0.2) is 5.78 Å². The fraction of sp³-hybridized carbons (Fsp3) is 0.500. The highest BCUT2D eigenvalue weighted by molar-refractivity contribution is 6.02. The summed E-state index contributed by atoms with van der Waals surface area (Å²) in [6, 6.07) is 6.69. The van der Waals surface area contributed by atoms with Gasteiger partial charge >= 0.3 is 11.9 Å². The van der Waals surface area contributed by atoms with Gasteiger partial charge in [-0.15, -0.1) is 0 Å². The van der Waals surface area contributed by atoms with Gasteiger partial charge in [-0.05, 0) is 24.6 Å². The van der Waals surface area contributed by atoms with E-state index in [9.17, 15) is 19.5 Å². The molecule has 0 aromatic heterocycles. The van der Waals surface area contributed by atoms with Crippen LogP contribution in [0.5, 0.6) is 5.75 Å². The van der Waals surface area contributed by atoms with Crippen LogP contribution < -0.4 is 4.74 Å². The van der Waals surface area contributed by atoms with Crippen molar-refractivity contribution in [1.29, 1.82) is 0 Å². The first-order valence-electron chi connectivity index (χ1n) is 7.81. The average molecular weight is 350 g/mol. The Balaban J connectivity index is 2.66. The summed E-state index contributed by atoms with van der Waals surface area (Å²) in [5.41, 5.74) is -1.14. The normalized spacial score (nSPS) is 29.0. The van der Waals surface area contributed by atoms with Gasteiger partial charge in [0.25, 0.3) is 0 Å². The Hall–Kier alpha value is -2.41. The van der Waals surface area contributed by atoms with Crippen molar-refractivity contribution < 1.29 is 33.7 Å². The first-order chi connectivity index (χ1) is 11.8. The fourth-order valence-corrected chi connectivity index (χ4v) is 3.52. The van der Waals surface area contributed by atoms with E-state index in [-0.39, 0.29) is 6.42 Å². The number of aliphatic hydroxyl groups is 1. The van der Waals surface area contributed by atoms with Crippen LogP contribution in [0.4, 0.5) is 0 Å². The van der Waals surface area contributed by atoms with Crippen molar-refractivity contribution in [2.24, 2.45) is 11.8 Å². The van der Waals surface area contributed by atoms with Crippen LogP contribution in [0, 0.1) is 11.8 Å². The van der Waals surface area contributed by atoms with Crippen molar-refractivity contribution in [2.45, 2.75) is 24.9 Å². The maximum absolute atomic E-state index is 12.6. The van der Waals surface area contributed by atoms with Gasteiger partial charge in [0.1, 0.15) is 11.7 Å². The molecule has 0 saturated heterocycles. The van der Waals surface area contributed by atoms with Gasteiger partial charge < -0.3 is 19.3 Å². The van der Waals surface area contributed by atoms with Gasteiger partial charge in [-0.25, -0.2) is 0 Å². The van der Waals surface area contributed by atoms with Gasteiger partial charge in [-0.3, -0.25) is 14.4 Å². The lowest BCUT2D eigenvalue weighted by molar-refractivity contribution is -0.170. The van der Waals surface area contributed by atoms with E-state index in [2.05, 4.69) is 0 Å². The molecule has 0 spiro atoms. The van der Waals surface area contributed by atoms with Crippen LogP contribution >= 0.6 is 0 Å². The predicted octanol–water partition coefficient (Wildman–Crippen LogP) is 1.08. The monoisotopic (exact) mass is 350 g/mol. The molecule has 0 radical (unpaired) electrons. The standard InChI is InChI=1S/C18H22O7/c1-18(22)9-12(19)14(16(20)24-3)13(15(18)17(21)25-4)10-6-5-7-11(8-10)23-2/h5-8,13-15,22H,9H2,1-4H3/t13-,14+,15-,18+/m0/s1. The number of methoxy groups -OCH3 is 3. The summed E-state index contributed by atoms with van der Waals surface area (Å²) in [6.07, 6.45) is -0.340. The van der Waals surface area contributed by atoms with Gasteiger partial charge in [0.2, 0.25) is 0 Å². The Morgan fingerprint density at radius 1 is 1.16 bits per heavy atom. The van der Waals surface area contributed by atoms with E-state index >= 15 is 0 Å². The van der Waals surface area contributed by atoms with Gasteiger partial charge in [0, 0.05) is 12.3 Å². The predicted molar refractivity (Wildman–Crippen MR) is 87.0 cm³/mol. The van der Waals surface area contributed by atoms with Crippen LogP contribution in [0.2, 0.25) is 0 Å². The summed E-state index contributed by atoms with van der Waals surface area (Å²) in [7, 11) is 3.86. The summed E-state index contributed by atoms with van der Waals surface area (Å²) in [5.74, 6) is -4.66. The largest absolute Gasteiger partial charge is 0.497 e. The molecule has 0 unspecified atom stereocenters. The smallest absolute Gasteiger partial charge is 0.316 e. The van der Waals surface area contributed by atoms with Crippen molar-refractivity contribution in [3.8, 4) is 5.75 Å². The van der Waals surface area contributed by atoms with E-state index in [1.807, 2.05) is 0 Å². The summed E-state index contributed by atoms with van der Waals surface area (Å²) in [6.45, 7) is 1.40. The first-order valence-corrected chi connectivity index (χ1v) is 7.81. The molecule has 1 aromatic rings. The fourth-order valence-electron chi connectivity index (χ4n) is 3.52. The highest BCUT2D eigenvalue weighted by Gasteiger charge is 2.56. The topological polar surface area (TPSA) is 99.1 Å². The summed E-state index contributed by atoms with van der Waals surface area (Å²) in [4.78, 5) is 37.2. The van der Waals surface area contributed by atoms with Crippen molar-refractivity contribution >= 4 is 17.7 Å². The Morgan fingerprint density at radius 2 is 1.80 bits per heavy atom. The molecule has 4 atom stereocenters. The van der Waals surface area contributed by atoms with Crippen molar-refractivity contribution in [2.75, 3.05) is 21.3 Å². The Kier molecular flexibility index (Phi) is 5.47. The zero-order valence-corrected chi connectivity index (χ0v) is 14.6. The highest BCUT2D eigenvalue weighted by atomic mass is 16.5. The second-order valence-electron chi connectivity index (χ2n) is 6.30. The highest BCUT2D eigenvalue weighted by Crippen LogP contribution is 2.47. The van der Waals surface area contributed by atoms with E-state index in [0.717, 1.165) is 0 Å². The second-order valence-corrected chi connectivity index (χ2v) is 6.30. The lowest BCUT2D eigenvalue weighted by Crippen LogP contribution is -2.55. The van der Waals surface area contributed by atoms with Gasteiger partial charge in [-0.2, -0.15) is 0 Å². The molecule has 1 aliphatic carbocycles. The molecule has 0 bridgehead atoms. The molecule has 0 aliphatic heterocycles. The van der Waals surface area contributed by atoms with Crippen LogP contribution in [0.15, 0.2) is 24.3 Å². The average Bonchev–Trinajstić information content (AvgIpc) is 2.59. The Labute approximate surface area is 145 Å². The molecular weight excluding hydrogens is 328 g/mol. The molecule has 1 N–H and O–H groups in total. The van der Waals surface area contributed by atoms with Crippen LogP contribution in [-0.4, -0.2) is 49.8 Å². The molecule has 1 saturated carbocycles. The van der Waals surface area contributed by atoms with Crippen LogP contribution in [0.1, 0.15) is 24.8 Å².